The highest BCUT2D eigenvalue weighted by atomic mass is 19.1. The summed E-state index contributed by atoms with van der Waals surface area (Å²) in [6.45, 7) is 2.04. The third-order valence-corrected chi connectivity index (χ3v) is 3.36. The summed E-state index contributed by atoms with van der Waals surface area (Å²) in [6.07, 6.45) is 0.661. The van der Waals surface area contributed by atoms with Gasteiger partial charge in [0.2, 0.25) is 0 Å². The van der Waals surface area contributed by atoms with Crippen LogP contribution in [0.5, 0.6) is 5.75 Å². The quantitative estimate of drug-likeness (QED) is 0.860. The fourth-order valence-electron chi connectivity index (χ4n) is 2.32. The first-order chi connectivity index (χ1) is 9.76. The van der Waals surface area contributed by atoms with Crippen LogP contribution in [0.15, 0.2) is 54.6 Å². The first-order valence-electron chi connectivity index (χ1n) is 6.89. The highest BCUT2D eigenvalue weighted by molar-refractivity contribution is 5.25. The minimum Gasteiger partial charge on any atom is -0.485 e. The van der Waals surface area contributed by atoms with Crippen molar-refractivity contribution in [2.24, 2.45) is 0 Å². The van der Waals surface area contributed by atoms with Crippen LogP contribution < -0.4 is 10.1 Å². The van der Waals surface area contributed by atoms with Gasteiger partial charge in [-0.15, -0.1) is 0 Å². The lowest BCUT2D eigenvalue weighted by Crippen LogP contribution is -2.33. The average Bonchev–Trinajstić information content (AvgIpc) is 2.50. The summed E-state index contributed by atoms with van der Waals surface area (Å²) < 4.78 is 19.6. The largest absolute Gasteiger partial charge is 0.485 e. The second-order valence-corrected chi connectivity index (χ2v) is 4.67. The number of hydrogen-bond acceptors (Lipinski definition) is 2. The van der Waals surface area contributed by atoms with E-state index in [1.165, 1.54) is 6.07 Å². The van der Waals surface area contributed by atoms with Crippen LogP contribution in [-0.2, 0) is 0 Å². The molecule has 0 radical (unpaired) electrons. The molecule has 2 unspecified atom stereocenters. The molecule has 0 aromatic heterocycles. The van der Waals surface area contributed by atoms with Gasteiger partial charge in [-0.1, -0.05) is 49.4 Å². The molecule has 0 aliphatic carbocycles. The zero-order chi connectivity index (χ0) is 14.4. The van der Waals surface area contributed by atoms with Crippen LogP contribution in [0.25, 0.3) is 0 Å². The lowest BCUT2D eigenvalue weighted by atomic mass is 9.99. The van der Waals surface area contributed by atoms with Gasteiger partial charge in [0.05, 0.1) is 6.04 Å². The molecule has 0 saturated heterocycles. The third kappa shape index (κ3) is 3.36. The molecule has 1 N–H and O–H groups in total. The van der Waals surface area contributed by atoms with E-state index >= 15 is 0 Å². The summed E-state index contributed by atoms with van der Waals surface area (Å²) >= 11 is 0. The van der Waals surface area contributed by atoms with E-state index in [9.17, 15) is 4.39 Å². The van der Waals surface area contributed by atoms with E-state index in [4.69, 9.17) is 4.74 Å². The van der Waals surface area contributed by atoms with Gasteiger partial charge >= 0.3 is 0 Å². The number of hydrogen-bond donors (Lipinski definition) is 1. The maximum absolute atomic E-state index is 13.7. The van der Waals surface area contributed by atoms with Crippen molar-refractivity contribution in [1.29, 1.82) is 0 Å². The molecule has 0 fully saturated rings. The van der Waals surface area contributed by atoms with E-state index in [0.717, 1.165) is 12.0 Å². The van der Waals surface area contributed by atoms with Gasteiger partial charge in [0.1, 0.15) is 6.10 Å². The molecule has 0 bridgehead atoms. The van der Waals surface area contributed by atoms with E-state index in [-0.39, 0.29) is 18.0 Å². The molecule has 0 spiro atoms. The number of nitrogens with one attached hydrogen (secondary N) is 1. The van der Waals surface area contributed by atoms with Crippen molar-refractivity contribution in [3.05, 3.63) is 66.0 Å². The van der Waals surface area contributed by atoms with Crippen molar-refractivity contribution >= 4 is 0 Å². The predicted molar refractivity (Wildman–Crippen MR) is 79.3 cm³/mol. The van der Waals surface area contributed by atoms with Gasteiger partial charge in [0.15, 0.2) is 11.6 Å². The van der Waals surface area contributed by atoms with Crippen LogP contribution in [0, 0.1) is 5.82 Å². The molecule has 2 nitrogen and oxygen atoms in total. The van der Waals surface area contributed by atoms with Gasteiger partial charge in [-0.3, -0.25) is 0 Å². The monoisotopic (exact) mass is 273 g/mol. The zero-order valence-electron chi connectivity index (χ0n) is 11.8. The van der Waals surface area contributed by atoms with Crippen LogP contribution in [0.2, 0.25) is 0 Å². The predicted octanol–water partition coefficient (Wildman–Crippen LogP) is 3.94. The Morgan fingerprint density at radius 2 is 1.70 bits per heavy atom. The third-order valence-electron chi connectivity index (χ3n) is 3.36. The Balaban J connectivity index is 2.20. The second kappa shape index (κ2) is 7.06. The molecule has 2 aromatic rings. The topological polar surface area (TPSA) is 21.3 Å². The lowest BCUT2D eigenvalue weighted by molar-refractivity contribution is 0.146. The second-order valence-electron chi connectivity index (χ2n) is 4.67. The molecule has 0 heterocycles. The van der Waals surface area contributed by atoms with E-state index < -0.39 is 0 Å². The summed E-state index contributed by atoms with van der Waals surface area (Å²) in [5.74, 6) is -0.0237. The Bertz CT molecular complexity index is 530. The molecule has 2 rings (SSSR count). The molecule has 2 aromatic carbocycles. The molecule has 0 aliphatic rings. The van der Waals surface area contributed by atoms with Crippen LogP contribution in [0.4, 0.5) is 4.39 Å². The number of para-hydroxylation sites is 1. The number of ether oxygens (including phenoxy) is 1. The molecule has 0 aliphatic heterocycles. The minimum absolute atomic E-state index is 0.0285. The van der Waals surface area contributed by atoms with Gasteiger partial charge < -0.3 is 10.1 Å². The maximum atomic E-state index is 13.7. The number of likely N-dealkylation sites (N-methyl/N-ethyl adjacent to an activating group) is 1. The van der Waals surface area contributed by atoms with Crippen molar-refractivity contribution in [2.75, 3.05) is 7.05 Å². The highest BCUT2D eigenvalue weighted by Gasteiger charge is 2.22. The summed E-state index contributed by atoms with van der Waals surface area (Å²) in [5, 5.41) is 3.26. The summed E-state index contributed by atoms with van der Waals surface area (Å²) in [4.78, 5) is 0. The SMILES string of the molecule is CCC(Oc1ccccc1F)C(NC)c1ccccc1. The molecule has 0 saturated carbocycles. The minimum atomic E-state index is -0.325. The normalized spacial score (nSPS) is 13.8. The van der Waals surface area contributed by atoms with Gasteiger partial charge in [0.25, 0.3) is 0 Å². The molecular weight excluding hydrogens is 253 g/mol. The standard InChI is InChI=1S/C17H20FNO/c1-3-15(20-16-12-8-7-11-14(16)18)17(19-2)13-9-5-4-6-10-13/h4-12,15,17,19H,3H2,1-2H3. The summed E-state index contributed by atoms with van der Waals surface area (Å²) in [5.41, 5.74) is 1.14. The fourth-order valence-corrected chi connectivity index (χ4v) is 2.32. The number of rotatable bonds is 6. The Morgan fingerprint density at radius 3 is 2.30 bits per heavy atom. The molecular formula is C17H20FNO. The first kappa shape index (κ1) is 14.5. The van der Waals surface area contributed by atoms with E-state index in [1.807, 2.05) is 32.2 Å². The lowest BCUT2D eigenvalue weighted by Gasteiger charge is -2.27. The molecule has 0 amide bonds. The highest BCUT2D eigenvalue weighted by Crippen LogP contribution is 2.25. The van der Waals surface area contributed by atoms with E-state index in [0.29, 0.717) is 5.75 Å². The van der Waals surface area contributed by atoms with E-state index in [2.05, 4.69) is 17.4 Å². The number of benzene rings is 2. The molecule has 3 heteroatoms. The van der Waals surface area contributed by atoms with Crippen LogP contribution >= 0.6 is 0 Å². The zero-order valence-corrected chi connectivity index (χ0v) is 11.8. The molecule has 20 heavy (non-hydrogen) atoms. The van der Waals surface area contributed by atoms with E-state index in [1.54, 1.807) is 18.2 Å². The maximum Gasteiger partial charge on any atom is 0.165 e. The Hall–Kier alpha value is -1.87. The summed E-state index contributed by atoms with van der Waals surface area (Å²) in [6, 6.07) is 16.6. The van der Waals surface area contributed by atoms with Crippen LogP contribution in [-0.4, -0.2) is 13.2 Å². The van der Waals surface area contributed by atoms with Crippen molar-refractivity contribution in [3.63, 3.8) is 0 Å². The molecule has 2 atom stereocenters. The van der Waals surface area contributed by atoms with Gasteiger partial charge in [-0.25, -0.2) is 4.39 Å². The van der Waals surface area contributed by atoms with Crippen LogP contribution in [0.3, 0.4) is 0 Å². The Labute approximate surface area is 119 Å². The van der Waals surface area contributed by atoms with Crippen molar-refractivity contribution < 1.29 is 9.13 Å². The van der Waals surface area contributed by atoms with Gasteiger partial charge in [-0.05, 0) is 31.2 Å². The van der Waals surface area contributed by atoms with Gasteiger partial charge in [0, 0.05) is 0 Å². The van der Waals surface area contributed by atoms with Crippen molar-refractivity contribution in [2.45, 2.75) is 25.5 Å². The Morgan fingerprint density at radius 1 is 1.05 bits per heavy atom. The first-order valence-corrected chi connectivity index (χ1v) is 6.89. The Kier molecular flexibility index (Phi) is 5.13. The average molecular weight is 273 g/mol. The van der Waals surface area contributed by atoms with Gasteiger partial charge in [-0.2, -0.15) is 0 Å². The van der Waals surface area contributed by atoms with Crippen molar-refractivity contribution in [3.8, 4) is 5.75 Å². The smallest absolute Gasteiger partial charge is 0.165 e. The van der Waals surface area contributed by atoms with Crippen molar-refractivity contribution in [1.82, 2.24) is 5.32 Å². The summed E-state index contributed by atoms with van der Waals surface area (Å²) in [7, 11) is 1.89. The fraction of sp³-hybridized carbons (Fsp3) is 0.294. The van der Waals surface area contributed by atoms with Crippen LogP contribution in [0.1, 0.15) is 24.9 Å². The molecule has 106 valence electrons. The number of halogens is 1.